The SMILES string of the molecule is O=[N+]([O-])c1ccc(Sc2ccc(N3C(=S)N[C@@H](c4ccccn4)[C@H]3c3cccn3-c3cccc([N+](=O)[O-])c3)cc2)cc1. The van der Waals surface area contributed by atoms with Gasteiger partial charge in [-0.3, -0.25) is 25.2 Å². The molecule has 2 aromatic heterocycles. The molecule has 5 aromatic rings. The molecular weight excluding hydrogens is 573 g/mol. The summed E-state index contributed by atoms with van der Waals surface area (Å²) in [4.78, 5) is 30.1. The van der Waals surface area contributed by atoms with Crippen LogP contribution in [0.15, 0.2) is 125 Å². The van der Waals surface area contributed by atoms with Gasteiger partial charge in [-0.15, -0.1) is 0 Å². The van der Waals surface area contributed by atoms with Crippen LogP contribution in [0.4, 0.5) is 17.1 Å². The van der Waals surface area contributed by atoms with E-state index in [2.05, 4.69) is 10.3 Å². The van der Waals surface area contributed by atoms with Gasteiger partial charge in [-0.05, 0) is 78.9 Å². The third kappa shape index (κ3) is 5.32. The van der Waals surface area contributed by atoms with E-state index < -0.39 is 9.85 Å². The summed E-state index contributed by atoms with van der Waals surface area (Å²) in [6.45, 7) is 0. The van der Waals surface area contributed by atoms with Crippen molar-refractivity contribution >= 4 is 46.2 Å². The van der Waals surface area contributed by atoms with Gasteiger partial charge in [0.05, 0.1) is 27.3 Å². The second-order valence-corrected chi connectivity index (χ2v) is 11.0. The van der Waals surface area contributed by atoms with Crippen molar-refractivity contribution in [2.24, 2.45) is 0 Å². The van der Waals surface area contributed by atoms with Gasteiger partial charge in [0.2, 0.25) is 0 Å². The van der Waals surface area contributed by atoms with Crippen LogP contribution in [0.1, 0.15) is 23.5 Å². The Hall–Kier alpha value is -5.07. The molecule has 0 aliphatic carbocycles. The molecule has 1 aliphatic heterocycles. The normalized spacial score (nSPS) is 16.3. The minimum Gasteiger partial charge on any atom is -0.351 e. The Morgan fingerprint density at radius 1 is 0.786 bits per heavy atom. The standard InChI is InChI=1S/C30H22N6O4S2/c37-35(38)21-11-15-25(16-12-21)42-24-13-9-20(10-14-24)34-29(28(32-30(34)41)26-7-1-2-17-31-26)27-8-4-18-33(27)22-5-3-6-23(19-22)36(39)40/h1-19,28-29H,(H,32,41)/t28-,29+/m0/s1. The quantitative estimate of drug-likeness (QED) is 0.115. The lowest BCUT2D eigenvalue weighted by Crippen LogP contribution is -2.30. The zero-order chi connectivity index (χ0) is 29.2. The number of nitro benzene ring substituents is 2. The van der Waals surface area contributed by atoms with Crippen molar-refractivity contribution in [3.8, 4) is 5.69 Å². The number of rotatable bonds is 8. The van der Waals surface area contributed by atoms with Crippen LogP contribution < -0.4 is 10.2 Å². The average molecular weight is 595 g/mol. The fourth-order valence-electron chi connectivity index (χ4n) is 5.01. The fraction of sp³-hybridized carbons (Fsp3) is 0.0667. The Balaban J connectivity index is 1.37. The number of thiocarbonyl (C=S) groups is 1. The fourth-order valence-corrected chi connectivity index (χ4v) is 6.17. The molecule has 0 unspecified atom stereocenters. The highest BCUT2D eigenvalue weighted by Crippen LogP contribution is 2.43. The van der Waals surface area contributed by atoms with Crippen LogP contribution in [-0.4, -0.2) is 24.5 Å². The summed E-state index contributed by atoms with van der Waals surface area (Å²) < 4.78 is 1.94. The summed E-state index contributed by atoms with van der Waals surface area (Å²) in [5.41, 5.74) is 3.26. The van der Waals surface area contributed by atoms with Gasteiger partial charge in [0.25, 0.3) is 11.4 Å². The smallest absolute Gasteiger partial charge is 0.271 e. The number of aromatic nitrogens is 2. The predicted molar refractivity (Wildman–Crippen MR) is 164 cm³/mol. The van der Waals surface area contributed by atoms with Gasteiger partial charge in [0, 0.05) is 57.8 Å². The molecule has 1 saturated heterocycles. The molecular formula is C30H22N6O4S2. The van der Waals surface area contributed by atoms with E-state index in [1.165, 1.54) is 30.0 Å². The molecule has 0 saturated carbocycles. The van der Waals surface area contributed by atoms with Crippen LogP contribution in [-0.2, 0) is 0 Å². The molecule has 10 nitrogen and oxygen atoms in total. The van der Waals surface area contributed by atoms with E-state index in [1.807, 2.05) is 76.3 Å². The highest BCUT2D eigenvalue weighted by molar-refractivity contribution is 7.99. The van der Waals surface area contributed by atoms with E-state index in [0.29, 0.717) is 10.8 Å². The topological polar surface area (TPSA) is 119 Å². The number of non-ortho nitro benzene ring substituents is 2. The lowest BCUT2D eigenvalue weighted by molar-refractivity contribution is -0.385. The Morgan fingerprint density at radius 2 is 1.50 bits per heavy atom. The van der Waals surface area contributed by atoms with Gasteiger partial charge in [-0.2, -0.15) is 0 Å². The molecule has 3 aromatic carbocycles. The summed E-state index contributed by atoms with van der Waals surface area (Å²) in [6.07, 6.45) is 3.62. The first-order valence-corrected chi connectivity index (χ1v) is 14.1. The van der Waals surface area contributed by atoms with Gasteiger partial charge in [0.1, 0.15) is 6.04 Å². The minimum absolute atomic E-state index is 0.00598. The Kier molecular flexibility index (Phi) is 7.38. The molecule has 0 radical (unpaired) electrons. The molecule has 208 valence electrons. The number of hydrogen-bond acceptors (Lipinski definition) is 7. The van der Waals surface area contributed by atoms with Crippen LogP contribution in [0.2, 0.25) is 0 Å². The summed E-state index contributed by atoms with van der Waals surface area (Å²) in [6, 6.07) is 29.9. The van der Waals surface area contributed by atoms with Crippen LogP contribution in [0.3, 0.4) is 0 Å². The van der Waals surface area contributed by atoms with E-state index in [0.717, 1.165) is 26.9 Å². The second-order valence-electron chi connectivity index (χ2n) is 9.42. The maximum Gasteiger partial charge on any atom is 0.271 e. The van der Waals surface area contributed by atoms with Crippen molar-refractivity contribution in [3.05, 3.63) is 147 Å². The molecule has 6 rings (SSSR count). The summed E-state index contributed by atoms with van der Waals surface area (Å²) in [5.74, 6) is 0. The largest absolute Gasteiger partial charge is 0.351 e. The molecule has 1 N–H and O–H groups in total. The molecule has 0 bridgehead atoms. The van der Waals surface area contributed by atoms with Crippen molar-refractivity contribution in [2.45, 2.75) is 21.9 Å². The van der Waals surface area contributed by atoms with Gasteiger partial charge < -0.3 is 14.8 Å². The van der Waals surface area contributed by atoms with Crippen LogP contribution in [0.25, 0.3) is 5.69 Å². The van der Waals surface area contributed by atoms with Crippen LogP contribution in [0.5, 0.6) is 0 Å². The first-order chi connectivity index (χ1) is 20.4. The van der Waals surface area contributed by atoms with E-state index in [1.54, 1.807) is 30.5 Å². The van der Waals surface area contributed by atoms with Crippen molar-refractivity contribution in [2.75, 3.05) is 4.90 Å². The molecule has 0 spiro atoms. The number of anilines is 1. The van der Waals surface area contributed by atoms with E-state index in [9.17, 15) is 20.2 Å². The van der Waals surface area contributed by atoms with Gasteiger partial charge in [0.15, 0.2) is 5.11 Å². The average Bonchev–Trinajstić information content (AvgIpc) is 3.63. The first-order valence-electron chi connectivity index (χ1n) is 12.8. The number of nitro groups is 2. The maximum absolute atomic E-state index is 11.5. The highest BCUT2D eigenvalue weighted by atomic mass is 32.2. The predicted octanol–water partition coefficient (Wildman–Crippen LogP) is 7.02. The second kappa shape index (κ2) is 11.4. The first kappa shape index (κ1) is 27.1. The molecule has 2 atom stereocenters. The van der Waals surface area contributed by atoms with Crippen LogP contribution in [0, 0.1) is 20.2 Å². The number of hydrogen-bond donors (Lipinski definition) is 1. The van der Waals surface area contributed by atoms with Crippen molar-refractivity contribution in [1.82, 2.24) is 14.9 Å². The Labute approximate surface area is 249 Å². The van der Waals surface area contributed by atoms with Gasteiger partial charge in [-0.25, -0.2) is 0 Å². The van der Waals surface area contributed by atoms with Crippen molar-refractivity contribution < 1.29 is 9.85 Å². The lowest BCUT2D eigenvalue weighted by Gasteiger charge is -2.29. The third-order valence-corrected chi connectivity index (χ3v) is 8.23. The number of benzene rings is 3. The monoisotopic (exact) mass is 594 g/mol. The number of pyridine rings is 1. The third-order valence-electron chi connectivity index (χ3n) is 6.90. The molecule has 12 heteroatoms. The molecule has 1 fully saturated rings. The molecule has 42 heavy (non-hydrogen) atoms. The number of nitrogens with one attached hydrogen (secondary N) is 1. The highest BCUT2D eigenvalue weighted by Gasteiger charge is 2.42. The van der Waals surface area contributed by atoms with E-state index >= 15 is 0 Å². The van der Waals surface area contributed by atoms with Crippen LogP contribution >= 0.6 is 24.0 Å². The zero-order valence-corrected chi connectivity index (χ0v) is 23.4. The zero-order valence-electron chi connectivity index (χ0n) is 21.8. The Bertz CT molecular complexity index is 1780. The molecule has 3 heterocycles. The maximum atomic E-state index is 11.5. The summed E-state index contributed by atoms with van der Waals surface area (Å²) >= 11 is 7.37. The van der Waals surface area contributed by atoms with E-state index in [4.69, 9.17) is 12.2 Å². The molecule has 1 aliphatic rings. The minimum atomic E-state index is -0.416. The summed E-state index contributed by atoms with van der Waals surface area (Å²) in [7, 11) is 0. The molecule has 0 amide bonds. The van der Waals surface area contributed by atoms with Crippen molar-refractivity contribution in [3.63, 3.8) is 0 Å². The summed E-state index contributed by atoms with van der Waals surface area (Å²) in [5, 5.41) is 26.4. The van der Waals surface area contributed by atoms with Gasteiger partial charge >= 0.3 is 0 Å². The van der Waals surface area contributed by atoms with Crippen molar-refractivity contribution in [1.29, 1.82) is 0 Å². The van der Waals surface area contributed by atoms with Gasteiger partial charge in [-0.1, -0.05) is 23.9 Å². The lowest BCUT2D eigenvalue weighted by atomic mass is 10.0. The Morgan fingerprint density at radius 3 is 2.17 bits per heavy atom. The number of nitrogens with zero attached hydrogens (tertiary/aromatic N) is 5. The van der Waals surface area contributed by atoms with E-state index in [-0.39, 0.29) is 23.5 Å².